The van der Waals surface area contributed by atoms with Crippen molar-refractivity contribution in [1.82, 2.24) is 0 Å². The molecule has 0 aromatic carbocycles. The van der Waals surface area contributed by atoms with E-state index in [9.17, 15) is 0 Å². The van der Waals surface area contributed by atoms with Crippen molar-refractivity contribution < 1.29 is 4.43 Å². The van der Waals surface area contributed by atoms with Gasteiger partial charge in [-0.05, 0) is 49.4 Å². The first-order valence-corrected chi connectivity index (χ1v) is 11.6. The molecule has 17 heavy (non-hydrogen) atoms. The average Bonchev–Trinajstić information content (AvgIpc) is 2.16. The van der Waals surface area contributed by atoms with E-state index in [-0.39, 0.29) is 0 Å². The highest BCUT2D eigenvalue weighted by molar-refractivity contribution is 8.17. The minimum absolute atomic E-state index is 0.327. The lowest BCUT2D eigenvalue weighted by molar-refractivity contribution is 0.194. The monoisotopic (exact) mass is 292 g/mol. The number of hydrogen-bond donors (Lipinski definition) is 0. The van der Waals surface area contributed by atoms with E-state index in [1.54, 1.807) is 0 Å². The second-order valence-electron chi connectivity index (χ2n) is 6.45. The number of hydrogen-bond acceptors (Lipinski definition) is 3. The van der Waals surface area contributed by atoms with Gasteiger partial charge in [-0.2, -0.15) is 0 Å². The lowest BCUT2D eigenvalue weighted by atomic mass is 10.2. The van der Waals surface area contributed by atoms with Crippen molar-refractivity contribution in [2.45, 2.75) is 69.4 Å². The second kappa shape index (κ2) is 6.35. The van der Waals surface area contributed by atoms with Gasteiger partial charge in [0.05, 0.1) is 4.58 Å². The van der Waals surface area contributed by atoms with Crippen LogP contribution in [0, 0.1) is 0 Å². The fraction of sp³-hybridized carbons (Fsp3) is 1.00. The predicted octanol–water partition coefficient (Wildman–Crippen LogP) is 4.98. The van der Waals surface area contributed by atoms with Gasteiger partial charge < -0.3 is 4.43 Å². The molecular formula is C13H28OS2Si. The van der Waals surface area contributed by atoms with Crippen LogP contribution in [0.15, 0.2) is 0 Å². The Hall–Kier alpha value is 0.877. The van der Waals surface area contributed by atoms with Crippen LogP contribution in [0.25, 0.3) is 0 Å². The average molecular weight is 293 g/mol. The molecule has 0 spiro atoms. The molecule has 0 saturated carbocycles. The summed E-state index contributed by atoms with van der Waals surface area (Å²) < 4.78 is 7.18. The zero-order valence-corrected chi connectivity index (χ0v) is 14.8. The largest absolute Gasteiger partial charge is 0.414 e. The van der Waals surface area contributed by atoms with E-state index in [1.807, 2.05) is 0 Å². The molecule has 0 aromatic heterocycles. The van der Waals surface area contributed by atoms with Gasteiger partial charge in [-0.3, -0.25) is 0 Å². The minimum atomic E-state index is -1.57. The quantitative estimate of drug-likeness (QED) is 0.676. The molecule has 102 valence electrons. The van der Waals surface area contributed by atoms with Crippen LogP contribution < -0.4 is 0 Å². The SMILES string of the molecule is CC(CC1SCCCS1)O[Si](C)(C)C(C)(C)C. The molecule has 1 unspecified atom stereocenters. The summed E-state index contributed by atoms with van der Waals surface area (Å²) in [6.07, 6.45) is 3.00. The van der Waals surface area contributed by atoms with Crippen molar-refractivity contribution >= 4 is 31.8 Å². The Balaban J connectivity index is 2.40. The summed E-state index contributed by atoms with van der Waals surface area (Å²) in [6, 6.07) is 0. The lowest BCUT2D eigenvalue weighted by Gasteiger charge is -2.39. The molecule has 1 atom stereocenters. The zero-order valence-electron chi connectivity index (χ0n) is 12.2. The molecule has 1 saturated heterocycles. The summed E-state index contributed by atoms with van der Waals surface area (Å²) in [7, 11) is -1.57. The van der Waals surface area contributed by atoms with E-state index < -0.39 is 8.32 Å². The smallest absolute Gasteiger partial charge is 0.192 e. The topological polar surface area (TPSA) is 9.23 Å². The molecule has 1 aliphatic heterocycles. The van der Waals surface area contributed by atoms with Gasteiger partial charge in [0.2, 0.25) is 0 Å². The lowest BCUT2D eigenvalue weighted by Crippen LogP contribution is -2.43. The van der Waals surface area contributed by atoms with Crippen molar-refractivity contribution in [3.8, 4) is 0 Å². The maximum atomic E-state index is 6.42. The van der Waals surface area contributed by atoms with Gasteiger partial charge in [0.15, 0.2) is 8.32 Å². The van der Waals surface area contributed by atoms with Gasteiger partial charge >= 0.3 is 0 Å². The van der Waals surface area contributed by atoms with Crippen LogP contribution in [0.4, 0.5) is 0 Å². The standard InChI is InChI=1S/C13H28OS2Si/c1-11(10-12-15-8-7-9-16-12)14-17(5,6)13(2,3)4/h11-12H,7-10H2,1-6H3. The maximum absolute atomic E-state index is 6.42. The third kappa shape index (κ3) is 5.17. The predicted molar refractivity (Wildman–Crippen MR) is 85.7 cm³/mol. The molecule has 4 heteroatoms. The molecule has 1 aliphatic rings. The fourth-order valence-corrected chi connectivity index (χ4v) is 6.23. The second-order valence-corrected chi connectivity index (χ2v) is 14.1. The summed E-state index contributed by atoms with van der Waals surface area (Å²) in [6.45, 7) is 13.9. The summed E-state index contributed by atoms with van der Waals surface area (Å²) in [4.78, 5) is 0. The van der Waals surface area contributed by atoms with E-state index in [4.69, 9.17) is 4.43 Å². The molecule has 1 nitrogen and oxygen atoms in total. The number of thioether (sulfide) groups is 2. The highest BCUT2D eigenvalue weighted by Gasteiger charge is 2.38. The van der Waals surface area contributed by atoms with Crippen molar-refractivity contribution in [2.24, 2.45) is 0 Å². The zero-order chi connectivity index (χ0) is 13.1. The molecule has 0 N–H and O–H groups in total. The summed E-state index contributed by atoms with van der Waals surface area (Å²) in [5.41, 5.74) is 0. The highest BCUT2D eigenvalue weighted by atomic mass is 32.2. The Morgan fingerprint density at radius 1 is 1.24 bits per heavy atom. The van der Waals surface area contributed by atoms with Crippen LogP contribution in [-0.2, 0) is 4.43 Å². The number of rotatable bonds is 4. The van der Waals surface area contributed by atoms with E-state index in [0.717, 1.165) is 4.58 Å². The van der Waals surface area contributed by atoms with Gasteiger partial charge in [0.25, 0.3) is 0 Å². The maximum Gasteiger partial charge on any atom is 0.192 e. The molecule has 0 aromatic rings. The van der Waals surface area contributed by atoms with E-state index in [1.165, 1.54) is 24.3 Å². The van der Waals surface area contributed by atoms with E-state index in [2.05, 4.69) is 64.3 Å². The third-order valence-electron chi connectivity index (χ3n) is 3.72. The Morgan fingerprint density at radius 2 is 1.76 bits per heavy atom. The summed E-state index contributed by atoms with van der Waals surface area (Å²) >= 11 is 4.25. The van der Waals surface area contributed by atoms with Gasteiger partial charge in [0, 0.05) is 6.10 Å². The first-order chi connectivity index (χ1) is 7.72. The van der Waals surface area contributed by atoms with Crippen LogP contribution in [0.3, 0.4) is 0 Å². The molecule has 0 aliphatic carbocycles. The van der Waals surface area contributed by atoms with Crippen LogP contribution in [-0.4, -0.2) is 30.5 Å². The molecule has 1 heterocycles. The molecule has 0 amide bonds. The summed E-state index contributed by atoms with van der Waals surface area (Å²) in [5.74, 6) is 2.68. The van der Waals surface area contributed by atoms with E-state index >= 15 is 0 Å². The molecular weight excluding hydrogens is 264 g/mol. The molecule has 1 rings (SSSR count). The Kier molecular flexibility index (Phi) is 5.95. The van der Waals surface area contributed by atoms with E-state index in [0.29, 0.717) is 11.1 Å². The van der Waals surface area contributed by atoms with Gasteiger partial charge in [0.1, 0.15) is 0 Å². The van der Waals surface area contributed by atoms with Gasteiger partial charge in [-0.25, -0.2) is 0 Å². The fourth-order valence-electron chi connectivity index (χ4n) is 1.67. The highest BCUT2D eigenvalue weighted by Crippen LogP contribution is 2.39. The van der Waals surface area contributed by atoms with Crippen molar-refractivity contribution in [1.29, 1.82) is 0 Å². The van der Waals surface area contributed by atoms with Crippen molar-refractivity contribution in [2.75, 3.05) is 11.5 Å². The van der Waals surface area contributed by atoms with Crippen molar-refractivity contribution in [3.05, 3.63) is 0 Å². The van der Waals surface area contributed by atoms with Crippen molar-refractivity contribution in [3.63, 3.8) is 0 Å². The van der Waals surface area contributed by atoms with Crippen LogP contribution >= 0.6 is 23.5 Å². The first-order valence-electron chi connectivity index (χ1n) is 6.63. The van der Waals surface area contributed by atoms with Crippen LogP contribution in [0.2, 0.25) is 18.1 Å². The third-order valence-corrected chi connectivity index (χ3v) is 11.3. The Labute approximate surface area is 117 Å². The summed E-state index contributed by atoms with van der Waals surface area (Å²) in [5, 5.41) is 0.327. The molecule has 0 bridgehead atoms. The molecule has 0 radical (unpaired) electrons. The first kappa shape index (κ1) is 15.9. The van der Waals surface area contributed by atoms with Crippen LogP contribution in [0.1, 0.15) is 40.5 Å². The molecule has 1 fully saturated rings. The Bertz CT molecular complexity index is 232. The van der Waals surface area contributed by atoms with Gasteiger partial charge in [-0.15, -0.1) is 23.5 Å². The van der Waals surface area contributed by atoms with Crippen LogP contribution in [0.5, 0.6) is 0 Å². The van der Waals surface area contributed by atoms with Gasteiger partial charge in [-0.1, -0.05) is 20.8 Å². The minimum Gasteiger partial charge on any atom is -0.414 e. The normalized spacial score (nSPS) is 21.5. The Morgan fingerprint density at radius 3 is 2.24 bits per heavy atom.